The third-order valence-corrected chi connectivity index (χ3v) is 3.44. The van der Waals surface area contributed by atoms with Crippen LogP contribution in [-0.4, -0.2) is 16.9 Å². The number of halogens is 1. The zero-order chi connectivity index (χ0) is 13.7. The van der Waals surface area contributed by atoms with Crippen LogP contribution in [0.1, 0.15) is 35.7 Å². The Balaban J connectivity index is 2.83. The third-order valence-electron chi connectivity index (χ3n) is 2.66. The summed E-state index contributed by atoms with van der Waals surface area (Å²) in [5.74, 6) is -0.133. The van der Waals surface area contributed by atoms with Crippen LogP contribution in [0.3, 0.4) is 0 Å². The summed E-state index contributed by atoms with van der Waals surface area (Å²) < 4.78 is 0.955. The van der Waals surface area contributed by atoms with Crippen LogP contribution in [0.15, 0.2) is 22.7 Å². The van der Waals surface area contributed by atoms with Crippen LogP contribution in [-0.2, 0) is 0 Å². The lowest BCUT2D eigenvalue weighted by molar-refractivity contribution is 0.0945. The molecular weight excluding hydrogens is 312 g/mol. The molecule has 1 atom stereocenters. The van der Waals surface area contributed by atoms with Crippen molar-refractivity contribution >= 4 is 39.0 Å². The number of rotatable bonds is 5. The standard InChI is InChI=1S/C13H17BrN2OS/c1-3-4-11(12(15)18)16-13(17)10-6-5-9(14)7-8(10)2/h5-7,11H,3-4H2,1-2H3,(H2,15,18)(H,16,17). The average molecular weight is 329 g/mol. The molecule has 1 amide bonds. The Hall–Kier alpha value is -0.940. The van der Waals surface area contributed by atoms with Crippen LogP contribution in [0.25, 0.3) is 0 Å². The van der Waals surface area contributed by atoms with Gasteiger partial charge in [-0.15, -0.1) is 0 Å². The fourth-order valence-electron chi connectivity index (χ4n) is 1.69. The molecule has 1 aromatic carbocycles. The van der Waals surface area contributed by atoms with Crippen molar-refractivity contribution in [2.24, 2.45) is 5.73 Å². The Morgan fingerprint density at radius 2 is 2.22 bits per heavy atom. The van der Waals surface area contributed by atoms with Crippen molar-refractivity contribution in [2.45, 2.75) is 32.7 Å². The third kappa shape index (κ3) is 4.07. The zero-order valence-corrected chi connectivity index (χ0v) is 12.9. The van der Waals surface area contributed by atoms with Crippen molar-refractivity contribution in [3.05, 3.63) is 33.8 Å². The molecule has 0 heterocycles. The molecule has 0 aromatic heterocycles. The maximum Gasteiger partial charge on any atom is 0.252 e. The Kier molecular flexibility index (Phi) is 5.75. The fraction of sp³-hybridized carbons (Fsp3) is 0.385. The number of aryl methyl sites for hydroxylation is 1. The number of carbonyl (C=O) groups is 1. The molecule has 3 nitrogen and oxygen atoms in total. The van der Waals surface area contributed by atoms with E-state index in [9.17, 15) is 4.79 Å². The van der Waals surface area contributed by atoms with Gasteiger partial charge in [-0.1, -0.05) is 41.5 Å². The van der Waals surface area contributed by atoms with Gasteiger partial charge in [0.25, 0.3) is 5.91 Å². The summed E-state index contributed by atoms with van der Waals surface area (Å²) >= 11 is 8.33. The zero-order valence-electron chi connectivity index (χ0n) is 10.5. The van der Waals surface area contributed by atoms with E-state index < -0.39 is 0 Å². The molecular formula is C13H17BrN2OS. The molecule has 0 aliphatic heterocycles. The summed E-state index contributed by atoms with van der Waals surface area (Å²) in [5.41, 5.74) is 7.19. The summed E-state index contributed by atoms with van der Waals surface area (Å²) in [7, 11) is 0. The van der Waals surface area contributed by atoms with Crippen LogP contribution < -0.4 is 11.1 Å². The van der Waals surface area contributed by atoms with Crippen molar-refractivity contribution in [3.8, 4) is 0 Å². The highest BCUT2D eigenvalue weighted by atomic mass is 79.9. The second kappa shape index (κ2) is 6.85. The summed E-state index contributed by atoms with van der Waals surface area (Å²) in [6.07, 6.45) is 1.68. The predicted octanol–water partition coefficient (Wildman–Crippen LogP) is 2.94. The van der Waals surface area contributed by atoms with Gasteiger partial charge in [0.1, 0.15) is 0 Å². The minimum Gasteiger partial charge on any atom is -0.392 e. The molecule has 0 saturated carbocycles. The van der Waals surface area contributed by atoms with Crippen molar-refractivity contribution in [2.75, 3.05) is 0 Å². The van der Waals surface area contributed by atoms with Crippen molar-refractivity contribution in [1.29, 1.82) is 0 Å². The molecule has 0 aliphatic carbocycles. The van der Waals surface area contributed by atoms with E-state index >= 15 is 0 Å². The Labute approximate surface area is 121 Å². The number of amides is 1. The summed E-state index contributed by atoms with van der Waals surface area (Å²) in [6.45, 7) is 3.93. The van der Waals surface area contributed by atoms with Crippen LogP contribution in [0.4, 0.5) is 0 Å². The Morgan fingerprint density at radius 3 is 2.72 bits per heavy atom. The second-order valence-corrected chi connectivity index (χ2v) is 5.56. The SMILES string of the molecule is CCCC(NC(=O)c1ccc(Br)cc1C)C(N)=S. The Bertz CT molecular complexity index is 462. The molecule has 98 valence electrons. The lowest BCUT2D eigenvalue weighted by atomic mass is 10.1. The van der Waals surface area contributed by atoms with Crippen LogP contribution >= 0.6 is 28.1 Å². The van der Waals surface area contributed by atoms with Crippen molar-refractivity contribution in [1.82, 2.24) is 5.32 Å². The van der Waals surface area contributed by atoms with Gasteiger partial charge >= 0.3 is 0 Å². The topological polar surface area (TPSA) is 55.1 Å². The van der Waals surface area contributed by atoms with Gasteiger partial charge in [-0.3, -0.25) is 4.79 Å². The summed E-state index contributed by atoms with van der Waals surface area (Å²) in [5, 5.41) is 2.87. The number of hydrogen-bond donors (Lipinski definition) is 2. The Morgan fingerprint density at radius 1 is 1.56 bits per heavy atom. The van der Waals surface area contributed by atoms with Gasteiger partial charge in [0, 0.05) is 10.0 Å². The van der Waals surface area contributed by atoms with Gasteiger partial charge < -0.3 is 11.1 Å². The number of nitrogens with two attached hydrogens (primary N) is 1. The molecule has 0 aliphatic rings. The summed E-state index contributed by atoms with van der Waals surface area (Å²) in [4.78, 5) is 12.5. The van der Waals surface area contributed by atoms with Crippen LogP contribution in [0.2, 0.25) is 0 Å². The minimum absolute atomic E-state index is 0.133. The van der Waals surface area contributed by atoms with Gasteiger partial charge in [0.15, 0.2) is 0 Å². The molecule has 1 rings (SSSR count). The van der Waals surface area contributed by atoms with E-state index in [4.69, 9.17) is 18.0 Å². The van der Waals surface area contributed by atoms with E-state index in [1.807, 2.05) is 26.0 Å². The summed E-state index contributed by atoms with van der Waals surface area (Å²) in [6, 6.07) is 5.31. The maximum atomic E-state index is 12.1. The number of nitrogens with one attached hydrogen (secondary N) is 1. The molecule has 0 radical (unpaired) electrons. The largest absolute Gasteiger partial charge is 0.392 e. The van der Waals surface area contributed by atoms with E-state index in [1.54, 1.807) is 6.07 Å². The number of thiocarbonyl (C=S) groups is 1. The highest BCUT2D eigenvalue weighted by Gasteiger charge is 2.16. The monoisotopic (exact) mass is 328 g/mol. The molecule has 3 N–H and O–H groups in total. The lowest BCUT2D eigenvalue weighted by Crippen LogP contribution is -2.43. The van der Waals surface area contributed by atoms with E-state index in [0.717, 1.165) is 22.9 Å². The number of carbonyl (C=O) groups excluding carboxylic acids is 1. The van der Waals surface area contributed by atoms with Crippen LogP contribution in [0.5, 0.6) is 0 Å². The first-order valence-electron chi connectivity index (χ1n) is 5.82. The van der Waals surface area contributed by atoms with E-state index in [1.165, 1.54) is 0 Å². The fourth-order valence-corrected chi connectivity index (χ4v) is 2.34. The first-order valence-corrected chi connectivity index (χ1v) is 7.02. The predicted molar refractivity (Wildman–Crippen MR) is 81.8 cm³/mol. The van der Waals surface area contributed by atoms with Crippen molar-refractivity contribution in [3.63, 3.8) is 0 Å². The van der Waals surface area contributed by atoms with E-state index in [-0.39, 0.29) is 11.9 Å². The molecule has 0 spiro atoms. The highest BCUT2D eigenvalue weighted by molar-refractivity contribution is 9.10. The number of hydrogen-bond acceptors (Lipinski definition) is 2. The maximum absolute atomic E-state index is 12.1. The van der Waals surface area contributed by atoms with Gasteiger partial charge in [-0.05, 0) is 37.1 Å². The van der Waals surface area contributed by atoms with Gasteiger partial charge in [0.05, 0.1) is 11.0 Å². The van der Waals surface area contributed by atoms with Crippen molar-refractivity contribution < 1.29 is 4.79 Å². The molecule has 1 aromatic rings. The molecule has 0 fully saturated rings. The molecule has 0 bridgehead atoms. The average Bonchev–Trinajstić information content (AvgIpc) is 2.27. The van der Waals surface area contributed by atoms with E-state index in [0.29, 0.717) is 10.6 Å². The normalized spacial score (nSPS) is 11.9. The van der Waals surface area contributed by atoms with Gasteiger partial charge in [0.2, 0.25) is 0 Å². The molecule has 1 unspecified atom stereocenters. The van der Waals surface area contributed by atoms with Gasteiger partial charge in [-0.2, -0.15) is 0 Å². The number of benzene rings is 1. The van der Waals surface area contributed by atoms with Gasteiger partial charge in [-0.25, -0.2) is 0 Å². The first-order chi connectivity index (χ1) is 8.45. The lowest BCUT2D eigenvalue weighted by Gasteiger charge is -2.17. The first kappa shape index (κ1) is 15.1. The highest BCUT2D eigenvalue weighted by Crippen LogP contribution is 2.16. The second-order valence-electron chi connectivity index (χ2n) is 4.18. The smallest absolute Gasteiger partial charge is 0.252 e. The quantitative estimate of drug-likeness (QED) is 0.817. The molecule has 5 heteroatoms. The van der Waals surface area contributed by atoms with E-state index in [2.05, 4.69) is 21.2 Å². The molecule has 0 saturated heterocycles. The molecule has 18 heavy (non-hydrogen) atoms. The minimum atomic E-state index is -0.236. The van der Waals surface area contributed by atoms with Crippen LogP contribution in [0, 0.1) is 6.92 Å².